The first-order valence-corrected chi connectivity index (χ1v) is 8.62. The van der Waals surface area contributed by atoms with E-state index in [1.807, 2.05) is 45.9 Å². The first kappa shape index (κ1) is 16.2. The summed E-state index contributed by atoms with van der Waals surface area (Å²) in [5.41, 5.74) is 0.863. The number of ether oxygens (including phenoxy) is 1. The van der Waals surface area contributed by atoms with Crippen LogP contribution < -0.4 is 10.1 Å². The number of anilines is 1. The van der Waals surface area contributed by atoms with Crippen molar-refractivity contribution in [3.63, 3.8) is 0 Å². The van der Waals surface area contributed by atoms with Gasteiger partial charge in [-0.1, -0.05) is 41.1 Å². The third-order valence-electron chi connectivity index (χ3n) is 2.80. The van der Waals surface area contributed by atoms with Crippen LogP contribution in [0, 0.1) is 5.92 Å². The van der Waals surface area contributed by atoms with E-state index in [4.69, 9.17) is 4.74 Å². The number of hydrogen-bond donors (Lipinski definition) is 1. The number of hydrogen-bond acceptors (Lipinski definition) is 4. The van der Waals surface area contributed by atoms with Gasteiger partial charge < -0.3 is 10.1 Å². The maximum Gasteiger partial charge on any atom is 0.240 e. The van der Waals surface area contributed by atoms with Crippen LogP contribution in [0.15, 0.2) is 18.2 Å². The molecule has 0 aliphatic carbocycles. The zero-order valence-electron chi connectivity index (χ0n) is 12.5. The summed E-state index contributed by atoms with van der Waals surface area (Å²) in [6.45, 7) is 7.97. The van der Waals surface area contributed by atoms with E-state index in [1.165, 1.54) is 11.3 Å². The van der Waals surface area contributed by atoms with Crippen LogP contribution in [0.4, 0.5) is 5.13 Å². The summed E-state index contributed by atoms with van der Waals surface area (Å²) in [5, 5.41) is 3.47. The molecule has 2 rings (SSSR count). The fourth-order valence-electron chi connectivity index (χ4n) is 1.78. The molecule has 0 unspecified atom stereocenters. The predicted molar refractivity (Wildman–Crippen MR) is 91.6 cm³/mol. The second-order valence-corrected chi connectivity index (χ2v) is 7.47. The van der Waals surface area contributed by atoms with Crippen molar-refractivity contribution < 1.29 is 9.53 Å². The van der Waals surface area contributed by atoms with Gasteiger partial charge in [-0.05, 0) is 38.0 Å². The summed E-state index contributed by atoms with van der Waals surface area (Å²) in [6, 6.07) is 5.76. The van der Waals surface area contributed by atoms with Crippen molar-refractivity contribution in [2.24, 2.45) is 5.92 Å². The Morgan fingerprint density at radius 2 is 2.05 bits per heavy atom. The molecule has 1 heterocycles. The Bertz CT molecular complexity index is 640. The smallest absolute Gasteiger partial charge is 0.240 e. The van der Waals surface area contributed by atoms with Crippen molar-refractivity contribution in [3.05, 3.63) is 18.2 Å². The lowest BCUT2D eigenvalue weighted by atomic mass is 10.1. The van der Waals surface area contributed by atoms with Gasteiger partial charge >= 0.3 is 0 Å². The molecule has 6 heteroatoms. The highest BCUT2D eigenvalue weighted by atomic mass is 79.9. The van der Waals surface area contributed by atoms with Crippen molar-refractivity contribution >= 4 is 48.5 Å². The summed E-state index contributed by atoms with van der Waals surface area (Å²) in [4.78, 5) is 16.2. The van der Waals surface area contributed by atoms with E-state index in [9.17, 15) is 4.79 Å². The van der Waals surface area contributed by atoms with Crippen LogP contribution in [0.3, 0.4) is 0 Å². The molecule has 0 spiro atoms. The Hall–Kier alpha value is -1.14. The van der Waals surface area contributed by atoms with E-state index in [0.29, 0.717) is 5.13 Å². The molecule has 1 N–H and O–H groups in total. The number of nitrogens with one attached hydrogen (secondary N) is 1. The van der Waals surface area contributed by atoms with Crippen LogP contribution >= 0.6 is 27.3 Å². The molecule has 4 nitrogen and oxygen atoms in total. The average Bonchev–Trinajstić information content (AvgIpc) is 2.78. The number of alkyl halides is 1. The molecule has 2 aromatic rings. The first-order valence-electron chi connectivity index (χ1n) is 6.89. The van der Waals surface area contributed by atoms with Gasteiger partial charge in [0.1, 0.15) is 5.75 Å². The summed E-state index contributed by atoms with van der Waals surface area (Å²) >= 11 is 4.84. The largest absolute Gasteiger partial charge is 0.491 e. The maximum absolute atomic E-state index is 12.0. The molecule has 0 aliphatic rings. The van der Waals surface area contributed by atoms with Crippen molar-refractivity contribution in [1.82, 2.24) is 4.98 Å². The molecule has 1 atom stereocenters. The number of fused-ring (bicyclic) bond motifs is 1. The van der Waals surface area contributed by atoms with Crippen LogP contribution in [0.5, 0.6) is 5.75 Å². The highest BCUT2D eigenvalue weighted by Crippen LogP contribution is 2.30. The lowest BCUT2D eigenvalue weighted by molar-refractivity contribution is -0.116. The van der Waals surface area contributed by atoms with E-state index in [-0.39, 0.29) is 22.8 Å². The fraction of sp³-hybridized carbons (Fsp3) is 0.467. The number of aromatic nitrogens is 1. The summed E-state index contributed by atoms with van der Waals surface area (Å²) in [7, 11) is 0. The van der Waals surface area contributed by atoms with Gasteiger partial charge in [-0.2, -0.15) is 0 Å². The van der Waals surface area contributed by atoms with E-state index < -0.39 is 0 Å². The van der Waals surface area contributed by atoms with Gasteiger partial charge in [0.25, 0.3) is 0 Å². The molecule has 0 bridgehead atoms. The highest BCUT2D eigenvalue weighted by molar-refractivity contribution is 9.10. The third-order valence-corrected chi connectivity index (χ3v) is 5.20. The second-order valence-electron chi connectivity index (χ2n) is 5.45. The van der Waals surface area contributed by atoms with Gasteiger partial charge in [0.2, 0.25) is 5.91 Å². The summed E-state index contributed by atoms with van der Waals surface area (Å²) < 4.78 is 6.67. The van der Waals surface area contributed by atoms with E-state index in [0.717, 1.165) is 16.0 Å². The summed E-state index contributed by atoms with van der Waals surface area (Å²) in [6.07, 6.45) is 0.134. The van der Waals surface area contributed by atoms with Crippen molar-refractivity contribution in [1.29, 1.82) is 0 Å². The number of nitrogens with zero attached hydrogens (tertiary/aromatic N) is 1. The van der Waals surface area contributed by atoms with E-state index in [1.54, 1.807) is 0 Å². The molecule has 114 valence electrons. The number of carbonyl (C=O) groups excluding carboxylic acids is 1. The van der Waals surface area contributed by atoms with Gasteiger partial charge in [-0.15, -0.1) is 0 Å². The number of rotatable bonds is 5. The molecule has 21 heavy (non-hydrogen) atoms. The first-order chi connectivity index (χ1) is 9.86. The number of benzene rings is 1. The minimum absolute atomic E-state index is 0.0669. The van der Waals surface area contributed by atoms with Crippen LogP contribution in [0.25, 0.3) is 10.2 Å². The van der Waals surface area contributed by atoms with Crippen LogP contribution in [0.1, 0.15) is 27.7 Å². The van der Waals surface area contributed by atoms with E-state index in [2.05, 4.69) is 26.2 Å². The molecule has 1 aromatic heterocycles. The minimum Gasteiger partial charge on any atom is -0.491 e. The van der Waals surface area contributed by atoms with Gasteiger partial charge in [-0.3, -0.25) is 4.79 Å². The minimum atomic E-state index is -0.218. The van der Waals surface area contributed by atoms with Crippen molar-refractivity contribution in [2.75, 3.05) is 5.32 Å². The van der Waals surface area contributed by atoms with Gasteiger partial charge in [0.05, 0.1) is 21.1 Å². The van der Waals surface area contributed by atoms with Crippen molar-refractivity contribution in [3.8, 4) is 5.75 Å². The van der Waals surface area contributed by atoms with E-state index >= 15 is 0 Å². The van der Waals surface area contributed by atoms with Crippen LogP contribution in [-0.4, -0.2) is 21.8 Å². The SMILES string of the molecule is CC(C)Oc1ccc2nc(NC(=O)[C@H](Br)C(C)C)sc2c1. The second kappa shape index (κ2) is 6.75. The average molecular weight is 371 g/mol. The third kappa shape index (κ3) is 4.17. The lowest BCUT2D eigenvalue weighted by Crippen LogP contribution is -2.26. The standard InChI is InChI=1S/C15H19BrN2O2S/c1-8(2)13(16)14(19)18-15-17-11-6-5-10(20-9(3)4)7-12(11)21-15/h5-9,13H,1-4H3,(H,17,18,19)/t13-/m1/s1. The number of amides is 1. The number of carbonyl (C=O) groups is 1. The molecule has 1 aromatic carbocycles. The Kier molecular flexibility index (Phi) is 5.22. The van der Waals surface area contributed by atoms with Gasteiger partial charge in [-0.25, -0.2) is 4.98 Å². The molecular weight excluding hydrogens is 352 g/mol. The zero-order valence-corrected chi connectivity index (χ0v) is 14.9. The fourth-order valence-corrected chi connectivity index (χ4v) is 2.79. The molecule has 0 saturated heterocycles. The van der Waals surface area contributed by atoms with Gasteiger partial charge in [0, 0.05) is 0 Å². The Labute approximate surface area is 137 Å². The Balaban J connectivity index is 2.17. The Morgan fingerprint density at radius 3 is 2.67 bits per heavy atom. The zero-order chi connectivity index (χ0) is 15.6. The lowest BCUT2D eigenvalue weighted by Gasteiger charge is -2.11. The summed E-state index contributed by atoms with van der Waals surface area (Å²) in [5.74, 6) is 0.979. The quantitative estimate of drug-likeness (QED) is 0.791. The number of thiazole rings is 1. The normalized spacial score (nSPS) is 12.9. The van der Waals surface area contributed by atoms with Crippen LogP contribution in [0.2, 0.25) is 0 Å². The van der Waals surface area contributed by atoms with Crippen molar-refractivity contribution in [2.45, 2.75) is 38.6 Å². The topological polar surface area (TPSA) is 51.2 Å². The number of halogens is 1. The molecule has 0 radical (unpaired) electrons. The molecular formula is C15H19BrN2O2S. The highest BCUT2D eigenvalue weighted by Gasteiger charge is 2.19. The van der Waals surface area contributed by atoms with Gasteiger partial charge in [0.15, 0.2) is 5.13 Å². The molecule has 1 amide bonds. The monoisotopic (exact) mass is 370 g/mol. The van der Waals surface area contributed by atoms with Crippen LogP contribution in [-0.2, 0) is 4.79 Å². The predicted octanol–water partition coefficient (Wildman–Crippen LogP) is 4.44. The molecule has 0 saturated carbocycles. The molecule has 0 fully saturated rings. The Morgan fingerprint density at radius 1 is 1.33 bits per heavy atom. The molecule has 0 aliphatic heterocycles. The maximum atomic E-state index is 12.0.